The maximum Gasteiger partial charge on any atom is 0.255 e. The summed E-state index contributed by atoms with van der Waals surface area (Å²) in [6.07, 6.45) is 1.87. The topological polar surface area (TPSA) is 114 Å². The van der Waals surface area contributed by atoms with Gasteiger partial charge >= 0.3 is 0 Å². The van der Waals surface area contributed by atoms with Gasteiger partial charge in [0.25, 0.3) is 5.91 Å². The molecule has 2 N–H and O–H groups in total. The molecule has 11 nitrogen and oxygen atoms in total. The average molecular weight is 679 g/mol. The molecular formula is C34H33Cl2N5O6. The first-order valence-electron chi connectivity index (χ1n) is 15.1. The van der Waals surface area contributed by atoms with Crippen molar-refractivity contribution in [2.75, 3.05) is 57.3 Å². The predicted octanol–water partition coefficient (Wildman–Crippen LogP) is 6.32. The summed E-state index contributed by atoms with van der Waals surface area (Å²) in [7, 11) is 1.55. The number of piperazine rings is 1. The van der Waals surface area contributed by atoms with Gasteiger partial charge in [0.05, 0.1) is 29.0 Å². The number of benzene rings is 3. The van der Waals surface area contributed by atoms with Gasteiger partial charge in [0.2, 0.25) is 18.6 Å². The van der Waals surface area contributed by atoms with Crippen molar-refractivity contribution in [2.24, 2.45) is 0 Å². The Balaban J connectivity index is 0.943. The lowest BCUT2D eigenvalue weighted by molar-refractivity contribution is -0.132. The molecule has 13 heteroatoms. The van der Waals surface area contributed by atoms with Gasteiger partial charge in [0.1, 0.15) is 0 Å². The Hall–Kier alpha value is -4.71. The zero-order valence-electron chi connectivity index (χ0n) is 25.6. The predicted molar refractivity (Wildman–Crippen MR) is 179 cm³/mol. The number of pyridine rings is 1. The zero-order valence-corrected chi connectivity index (χ0v) is 27.1. The summed E-state index contributed by atoms with van der Waals surface area (Å²) in [6, 6.07) is 19.4. The van der Waals surface area contributed by atoms with Crippen molar-refractivity contribution in [3.63, 3.8) is 0 Å². The number of methoxy groups -OCH3 is 1. The molecule has 0 bridgehead atoms. The number of rotatable bonds is 11. The molecule has 2 aliphatic heterocycles. The van der Waals surface area contributed by atoms with Crippen LogP contribution in [0.25, 0.3) is 0 Å². The number of hydrogen-bond acceptors (Lipinski definition) is 9. The number of nitrogens with zero attached hydrogens (tertiary/aromatic N) is 3. The van der Waals surface area contributed by atoms with Gasteiger partial charge in [-0.05, 0) is 54.1 Å². The largest absolute Gasteiger partial charge is 0.493 e. The standard InChI is InChI=1S/C34H33Cl2N5O6/c1-44-30-18-24(4-8-29(30)47-32-9-5-25(19-38-32)39-34(43)23-3-6-26(35)27(36)17-23)37-11-10-33(42)41-14-12-40(13-15-41)20-22-2-7-28-31(16-22)46-21-45-28/h2-9,16-19,37H,10-15,20-21H2,1H3,(H,39,43). The van der Waals surface area contributed by atoms with Gasteiger partial charge in [-0.3, -0.25) is 14.5 Å². The molecule has 1 aromatic heterocycles. The molecule has 3 heterocycles. The molecule has 1 saturated heterocycles. The first-order chi connectivity index (χ1) is 22.8. The number of carbonyl (C=O) groups is 2. The van der Waals surface area contributed by atoms with Gasteiger partial charge in [-0.2, -0.15) is 0 Å². The summed E-state index contributed by atoms with van der Waals surface area (Å²) in [6.45, 7) is 4.58. The second-order valence-corrected chi connectivity index (χ2v) is 11.8. The molecule has 2 aliphatic rings. The van der Waals surface area contributed by atoms with Crippen LogP contribution < -0.4 is 29.6 Å². The number of amides is 2. The van der Waals surface area contributed by atoms with E-state index in [0.717, 1.165) is 36.8 Å². The molecular weight excluding hydrogens is 645 g/mol. The number of anilines is 2. The Bertz CT molecular complexity index is 1750. The quantitative estimate of drug-likeness (QED) is 0.188. The fraction of sp³-hybridized carbons (Fsp3) is 0.265. The smallest absolute Gasteiger partial charge is 0.255 e. The van der Waals surface area contributed by atoms with Crippen LogP contribution in [0.3, 0.4) is 0 Å². The SMILES string of the molecule is COc1cc(NCCC(=O)N2CCN(Cc3ccc4c(c3)OCO4)CC2)ccc1Oc1ccc(NC(=O)c2ccc(Cl)c(Cl)c2)cn1. The van der Waals surface area contributed by atoms with Gasteiger partial charge in [0.15, 0.2) is 23.0 Å². The van der Waals surface area contributed by atoms with Crippen LogP contribution in [0.2, 0.25) is 10.0 Å². The number of fused-ring (bicyclic) bond motifs is 1. The maximum absolute atomic E-state index is 12.9. The molecule has 244 valence electrons. The Morgan fingerprint density at radius 1 is 0.872 bits per heavy atom. The lowest BCUT2D eigenvalue weighted by Gasteiger charge is -2.35. The van der Waals surface area contributed by atoms with E-state index in [4.69, 9.17) is 42.1 Å². The second-order valence-electron chi connectivity index (χ2n) is 11.0. The van der Waals surface area contributed by atoms with Crippen LogP contribution in [-0.2, 0) is 11.3 Å². The van der Waals surface area contributed by atoms with E-state index in [1.165, 1.54) is 17.8 Å². The highest BCUT2D eigenvalue weighted by molar-refractivity contribution is 6.42. The van der Waals surface area contributed by atoms with Crippen LogP contribution in [0.1, 0.15) is 22.3 Å². The molecule has 4 aromatic rings. The van der Waals surface area contributed by atoms with E-state index in [1.54, 1.807) is 43.5 Å². The highest BCUT2D eigenvalue weighted by atomic mass is 35.5. The third kappa shape index (κ3) is 8.18. The van der Waals surface area contributed by atoms with Gasteiger partial charge in [-0.1, -0.05) is 29.3 Å². The summed E-state index contributed by atoms with van der Waals surface area (Å²) in [4.78, 5) is 34.0. The molecule has 2 amide bonds. The van der Waals surface area contributed by atoms with Crippen molar-refractivity contribution >= 4 is 46.4 Å². The lowest BCUT2D eigenvalue weighted by atomic mass is 10.1. The van der Waals surface area contributed by atoms with E-state index in [9.17, 15) is 9.59 Å². The average Bonchev–Trinajstić information content (AvgIpc) is 3.56. The highest BCUT2D eigenvalue weighted by Gasteiger charge is 2.22. The van der Waals surface area contributed by atoms with Crippen molar-refractivity contribution in [1.82, 2.24) is 14.8 Å². The van der Waals surface area contributed by atoms with Gasteiger partial charge < -0.3 is 34.5 Å². The van der Waals surface area contributed by atoms with Gasteiger partial charge in [-0.15, -0.1) is 0 Å². The Morgan fingerprint density at radius 2 is 1.68 bits per heavy atom. The molecule has 1 fully saturated rings. The first-order valence-corrected chi connectivity index (χ1v) is 15.8. The Morgan fingerprint density at radius 3 is 2.45 bits per heavy atom. The molecule has 0 unspecified atom stereocenters. The number of aromatic nitrogens is 1. The number of ether oxygens (including phenoxy) is 4. The summed E-state index contributed by atoms with van der Waals surface area (Å²) in [5, 5.41) is 6.73. The third-order valence-corrected chi connectivity index (χ3v) is 8.53. The van der Waals surface area contributed by atoms with Crippen LogP contribution >= 0.6 is 23.2 Å². The van der Waals surface area contributed by atoms with Crippen LogP contribution in [-0.4, -0.2) is 73.2 Å². The number of nitrogens with one attached hydrogen (secondary N) is 2. The van der Waals surface area contributed by atoms with Gasteiger partial charge in [-0.25, -0.2) is 4.98 Å². The van der Waals surface area contributed by atoms with Crippen LogP contribution in [0.15, 0.2) is 72.9 Å². The van der Waals surface area contributed by atoms with Crippen molar-refractivity contribution in [3.05, 3.63) is 94.1 Å². The molecule has 0 atom stereocenters. The van der Waals surface area contributed by atoms with Crippen molar-refractivity contribution in [3.8, 4) is 28.9 Å². The van der Waals surface area contributed by atoms with E-state index in [1.807, 2.05) is 23.1 Å². The fourth-order valence-corrected chi connectivity index (χ4v) is 5.55. The van der Waals surface area contributed by atoms with Crippen molar-refractivity contribution in [2.45, 2.75) is 13.0 Å². The summed E-state index contributed by atoms with van der Waals surface area (Å²) in [5.74, 6) is 2.63. The number of hydrogen-bond donors (Lipinski definition) is 2. The van der Waals surface area contributed by atoms with Crippen LogP contribution in [0, 0.1) is 0 Å². The van der Waals surface area contributed by atoms with E-state index in [-0.39, 0.29) is 18.6 Å². The minimum atomic E-state index is -0.345. The minimum absolute atomic E-state index is 0.120. The Kier molecular flexibility index (Phi) is 10.2. The van der Waals surface area contributed by atoms with E-state index >= 15 is 0 Å². The monoisotopic (exact) mass is 677 g/mol. The number of carbonyl (C=O) groups excluding carboxylic acids is 2. The third-order valence-electron chi connectivity index (χ3n) is 7.79. The molecule has 0 spiro atoms. The minimum Gasteiger partial charge on any atom is -0.493 e. The molecule has 3 aromatic carbocycles. The number of halogens is 2. The molecule has 6 rings (SSSR count). The lowest BCUT2D eigenvalue weighted by Crippen LogP contribution is -2.48. The van der Waals surface area contributed by atoms with E-state index in [2.05, 4.69) is 26.6 Å². The maximum atomic E-state index is 12.9. The van der Waals surface area contributed by atoms with E-state index < -0.39 is 0 Å². The van der Waals surface area contributed by atoms with E-state index in [0.29, 0.717) is 64.7 Å². The van der Waals surface area contributed by atoms with Crippen molar-refractivity contribution < 1.29 is 28.5 Å². The van der Waals surface area contributed by atoms with Crippen LogP contribution in [0.4, 0.5) is 11.4 Å². The molecule has 47 heavy (non-hydrogen) atoms. The second kappa shape index (κ2) is 14.8. The summed E-state index contributed by atoms with van der Waals surface area (Å²) < 4.78 is 22.3. The highest BCUT2D eigenvalue weighted by Crippen LogP contribution is 2.34. The van der Waals surface area contributed by atoms with Crippen molar-refractivity contribution in [1.29, 1.82) is 0 Å². The van der Waals surface area contributed by atoms with Gasteiger partial charge in [0, 0.05) is 69.1 Å². The molecule has 0 saturated carbocycles. The zero-order chi connectivity index (χ0) is 32.8. The molecule has 0 aliphatic carbocycles. The summed E-state index contributed by atoms with van der Waals surface area (Å²) in [5.41, 5.74) is 2.82. The molecule has 0 radical (unpaired) electrons. The van der Waals surface area contributed by atoms with Crippen LogP contribution in [0.5, 0.6) is 28.9 Å². The fourth-order valence-electron chi connectivity index (χ4n) is 5.25. The normalized spacial score (nSPS) is 14.1. The summed E-state index contributed by atoms with van der Waals surface area (Å²) >= 11 is 11.9. The first kappa shape index (κ1) is 32.2. The Labute approximate surface area is 282 Å².